The van der Waals surface area contributed by atoms with Crippen LogP contribution >= 0.6 is 47.8 Å². The van der Waals surface area contributed by atoms with E-state index in [-0.39, 0.29) is 11.4 Å². The first-order valence-electron chi connectivity index (χ1n) is 10.1. The molecule has 33 heavy (non-hydrogen) atoms. The fourth-order valence-electron chi connectivity index (χ4n) is 4.04. The van der Waals surface area contributed by atoms with E-state index in [1.54, 1.807) is 6.07 Å². The van der Waals surface area contributed by atoms with Crippen molar-refractivity contribution in [2.75, 3.05) is 0 Å². The van der Waals surface area contributed by atoms with Gasteiger partial charge in [-0.25, -0.2) is 4.79 Å². The second kappa shape index (κ2) is 8.67. The molecule has 1 aliphatic carbocycles. The van der Waals surface area contributed by atoms with Crippen molar-refractivity contribution in [1.82, 2.24) is 0 Å². The minimum absolute atomic E-state index is 0.104. The molecular weight excluding hydrogens is 612 g/mol. The second-order valence-corrected chi connectivity index (χ2v) is 10.5. The van der Waals surface area contributed by atoms with Crippen molar-refractivity contribution in [2.45, 2.75) is 6.92 Å². The Bertz CT molecular complexity index is 1600. The molecule has 0 saturated heterocycles. The number of aryl methyl sites for hydroxylation is 1. The molecule has 0 unspecified atom stereocenters. The third kappa shape index (κ3) is 4.12. The number of fused-ring (bicyclic) bond motifs is 6. The molecule has 0 atom stereocenters. The Hall–Kier alpha value is -2.54. The van der Waals surface area contributed by atoms with Crippen LogP contribution in [0.4, 0.5) is 0 Å². The van der Waals surface area contributed by atoms with Crippen LogP contribution in [0, 0.1) is 6.92 Å². The van der Waals surface area contributed by atoms with Gasteiger partial charge in [-0.05, 0) is 71.5 Å². The Balaban J connectivity index is 0.000000139. The maximum atomic E-state index is 12.2. The molecule has 0 spiro atoms. The number of carbonyl (C=O) groups is 1. The third-order valence-electron chi connectivity index (χ3n) is 5.57. The minimum atomic E-state index is -0.292. The highest BCUT2D eigenvalue weighted by atomic mass is 79.9. The van der Waals surface area contributed by atoms with Crippen molar-refractivity contribution < 1.29 is 9.21 Å². The lowest BCUT2D eigenvalue weighted by atomic mass is 10.1. The molecule has 0 bridgehead atoms. The second-order valence-electron chi connectivity index (χ2n) is 7.79. The van der Waals surface area contributed by atoms with Crippen LogP contribution in [0.3, 0.4) is 0 Å². The number of rotatable bonds is 0. The van der Waals surface area contributed by atoms with Gasteiger partial charge in [-0.1, -0.05) is 78.1 Å². The van der Waals surface area contributed by atoms with Crippen LogP contribution < -0.4 is 5.63 Å². The van der Waals surface area contributed by atoms with Crippen LogP contribution in [-0.2, 0) is 0 Å². The number of halogens is 3. The summed E-state index contributed by atoms with van der Waals surface area (Å²) in [6, 6.07) is 23.2. The summed E-state index contributed by atoms with van der Waals surface area (Å²) >= 11 is 10.1. The van der Waals surface area contributed by atoms with Crippen molar-refractivity contribution in [3.8, 4) is 11.1 Å². The maximum absolute atomic E-state index is 12.2. The molecule has 0 fully saturated rings. The van der Waals surface area contributed by atoms with E-state index in [4.69, 9.17) is 4.42 Å². The first kappa shape index (κ1) is 22.3. The molecule has 4 aromatic carbocycles. The van der Waals surface area contributed by atoms with Crippen LogP contribution in [0.5, 0.6) is 0 Å². The van der Waals surface area contributed by atoms with E-state index in [0.717, 1.165) is 52.0 Å². The van der Waals surface area contributed by atoms with E-state index >= 15 is 0 Å². The van der Waals surface area contributed by atoms with Crippen molar-refractivity contribution in [3.63, 3.8) is 0 Å². The molecule has 0 N–H and O–H groups in total. The standard InChI is InChI=1S/C14H9BrO2.C13H6Br2O/c1-8-2-4-11-10-5-3-9(15)7-12(10)14(16)17-13(11)6-8;14-7-1-3-9-10-4-2-8(15)6-12(10)13(16)11(9)5-7/h2-7H,1H3;1-6H. The fraction of sp³-hybridized carbons (Fsp3) is 0.0370. The van der Waals surface area contributed by atoms with E-state index in [0.29, 0.717) is 11.0 Å². The van der Waals surface area contributed by atoms with Gasteiger partial charge >= 0.3 is 5.63 Å². The van der Waals surface area contributed by atoms with Gasteiger partial charge in [-0.2, -0.15) is 0 Å². The van der Waals surface area contributed by atoms with E-state index in [1.165, 1.54) is 0 Å². The predicted molar refractivity (Wildman–Crippen MR) is 143 cm³/mol. The van der Waals surface area contributed by atoms with Crippen molar-refractivity contribution in [3.05, 3.63) is 113 Å². The molecule has 3 nitrogen and oxygen atoms in total. The Morgan fingerprint density at radius 1 is 0.576 bits per heavy atom. The summed E-state index contributed by atoms with van der Waals surface area (Å²) in [4.78, 5) is 24.0. The Labute approximate surface area is 214 Å². The lowest BCUT2D eigenvalue weighted by Gasteiger charge is -2.03. The third-order valence-corrected chi connectivity index (χ3v) is 7.05. The topological polar surface area (TPSA) is 47.3 Å². The van der Waals surface area contributed by atoms with Gasteiger partial charge in [0.2, 0.25) is 0 Å². The molecule has 162 valence electrons. The molecule has 0 amide bonds. The number of ketones is 1. The fourth-order valence-corrected chi connectivity index (χ4v) is 5.12. The molecular formula is C27H15Br3O3. The van der Waals surface area contributed by atoms with E-state index in [9.17, 15) is 9.59 Å². The SMILES string of the molecule is Cc1ccc2c(c1)oc(=O)c1cc(Br)ccc12.O=C1c2cc(Br)ccc2-c2ccc(Br)cc21. The molecule has 6 rings (SSSR count). The lowest BCUT2D eigenvalue weighted by Crippen LogP contribution is -1.99. The van der Waals surface area contributed by atoms with Gasteiger partial charge in [-0.15, -0.1) is 0 Å². The zero-order chi connectivity index (χ0) is 23.3. The number of benzene rings is 4. The van der Waals surface area contributed by atoms with Gasteiger partial charge in [0, 0.05) is 29.9 Å². The molecule has 1 heterocycles. The van der Waals surface area contributed by atoms with Crippen molar-refractivity contribution in [2.24, 2.45) is 0 Å². The van der Waals surface area contributed by atoms with Crippen LogP contribution in [0.15, 0.2) is 95.4 Å². The average Bonchev–Trinajstić information content (AvgIpc) is 3.05. The smallest absolute Gasteiger partial charge is 0.344 e. The first-order valence-corrected chi connectivity index (χ1v) is 12.5. The average molecular weight is 627 g/mol. The van der Waals surface area contributed by atoms with Gasteiger partial charge < -0.3 is 4.42 Å². The normalized spacial score (nSPS) is 11.8. The quantitative estimate of drug-likeness (QED) is 0.126. The van der Waals surface area contributed by atoms with E-state index in [1.807, 2.05) is 73.7 Å². The van der Waals surface area contributed by atoms with Gasteiger partial charge in [-0.3, -0.25) is 4.79 Å². The Morgan fingerprint density at radius 3 is 1.76 bits per heavy atom. The Kier molecular flexibility index (Phi) is 5.85. The molecule has 1 aromatic heterocycles. The van der Waals surface area contributed by atoms with Gasteiger partial charge in [0.15, 0.2) is 5.78 Å². The number of carbonyl (C=O) groups excluding carboxylic acids is 1. The summed E-state index contributed by atoms with van der Waals surface area (Å²) in [5, 5.41) is 2.51. The highest BCUT2D eigenvalue weighted by Gasteiger charge is 2.26. The maximum Gasteiger partial charge on any atom is 0.344 e. The predicted octanol–water partition coefficient (Wildman–Crippen LogP) is 8.44. The minimum Gasteiger partial charge on any atom is -0.422 e. The lowest BCUT2D eigenvalue weighted by molar-refractivity contribution is 0.104. The highest BCUT2D eigenvalue weighted by molar-refractivity contribution is 9.11. The zero-order valence-corrected chi connectivity index (χ0v) is 22.0. The van der Waals surface area contributed by atoms with Crippen molar-refractivity contribution >= 4 is 75.3 Å². The molecule has 0 saturated carbocycles. The summed E-state index contributed by atoms with van der Waals surface area (Å²) in [7, 11) is 0. The largest absolute Gasteiger partial charge is 0.422 e. The van der Waals surface area contributed by atoms with Gasteiger partial charge in [0.05, 0.1) is 5.39 Å². The van der Waals surface area contributed by atoms with Gasteiger partial charge in [0.25, 0.3) is 0 Å². The number of hydrogen-bond donors (Lipinski definition) is 0. The summed E-state index contributed by atoms with van der Waals surface area (Å²) in [6.45, 7) is 1.98. The highest BCUT2D eigenvalue weighted by Crippen LogP contribution is 2.38. The molecule has 5 aromatic rings. The molecule has 0 aliphatic heterocycles. The Morgan fingerprint density at radius 2 is 1.12 bits per heavy atom. The summed E-state index contributed by atoms with van der Waals surface area (Å²) in [5.74, 6) is 0.104. The summed E-state index contributed by atoms with van der Waals surface area (Å²) < 4.78 is 8.09. The first-order chi connectivity index (χ1) is 15.8. The van der Waals surface area contributed by atoms with Crippen LogP contribution in [0.1, 0.15) is 21.5 Å². The van der Waals surface area contributed by atoms with E-state index in [2.05, 4.69) is 47.8 Å². The zero-order valence-electron chi connectivity index (χ0n) is 17.3. The van der Waals surface area contributed by atoms with Crippen LogP contribution in [0.2, 0.25) is 0 Å². The number of hydrogen-bond acceptors (Lipinski definition) is 3. The summed E-state index contributed by atoms with van der Waals surface area (Å²) in [6.07, 6.45) is 0. The van der Waals surface area contributed by atoms with E-state index < -0.39 is 0 Å². The monoisotopic (exact) mass is 624 g/mol. The van der Waals surface area contributed by atoms with Crippen molar-refractivity contribution in [1.29, 1.82) is 0 Å². The molecule has 0 radical (unpaired) electrons. The summed E-state index contributed by atoms with van der Waals surface area (Å²) in [5.41, 5.74) is 5.04. The van der Waals surface area contributed by atoms with Gasteiger partial charge in [0.1, 0.15) is 5.58 Å². The van der Waals surface area contributed by atoms with Crippen LogP contribution in [-0.4, -0.2) is 5.78 Å². The molecule has 6 heteroatoms. The van der Waals surface area contributed by atoms with Crippen LogP contribution in [0.25, 0.3) is 32.9 Å². The molecule has 1 aliphatic rings.